The first kappa shape index (κ1) is 14.3. The number of carbonyl (C=O) groups is 1. The molecule has 0 aliphatic heterocycles. The second-order valence-corrected chi connectivity index (χ2v) is 3.43. The van der Waals surface area contributed by atoms with Gasteiger partial charge in [-0.05, 0) is 18.2 Å². The lowest BCUT2D eigenvalue weighted by Gasteiger charge is -2.08. The Morgan fingerprint density at radius 2 is 2.11 bits per heavy atom. The molecule has 0 atom stereocenters. The molecule has 0 saturated carbocycles. The summed E-state index contributed by atoms with van der Waals surface area (Å²) in [4.78, 5) is 11.6. The topological polar surface area (TPSA) is 91.0 Å². The van der Waals surface area contributed by atoms with E-state index in [1.54, 1.807) is 12.1 Å². The molecule has 1 rings (SSSR count). The highest BCUT2D eigenvalue weighted by atomic mass is 16.6. The lowest BCUT2D eigenvalue weighted by molar-refractivity contribution is 0.0258. The van der Waals surface area contributed by atoms with Gasteiger partial charge in [0, 0.05) is 0 Å². The number of nitrogen functional groups attached to an aromatic ring is 1. The van der Waals surface area contributed by atoms with Gasteiger partial charge in [-0.25, -0.2) is 4.79 Å². The van der Waals surface area contributed by atoms with E-state index in [2.05, 4.69) is 0 Å². The summed E-state index contributed by atoms with van der Waals surface area (Å²) in [6.45, 7) is 0.556. The van der Waals surface area contributed by atoms with E-state index in [9.17, 15) is 4.79 Å². The van der Waals surface area contributed by atoms with Crippen molar-refractivity contribution >= 4 is 11.7 Å². The first-order chi connectivity index (χ1) is 8.69. The summed E-state index contributed by atoms with van der Waals surface area (Å²) >= 11 is 0. The maximum atomic E-state index is 11.6. The van der Waals surface area contributed by atoms with Crippen LogP contribution in [0.1, 0.15) is 10.4 Å². The lowest BCUT2D eigenvalue weighted by atomic mass is 10.2. The SMILES string of the molecule is COc1cc(C(=O)OCCOCCO)ccc1N. The molecule has 0 aromatic heterocycles. The van der Waals surface area contributed by atoms with Crippen LogP contribution in [-0.4, -0.2) is 44.6 Å². The highest BCUT2D eigenvalue weighted by Gasteiger charge is 2.09. The monoisotopic (exact) mass is 255 g/mol. The lowest BCUT2D eigenvalue weighted by Crippen LogP contribution is -2.12. The Morgan fingerprint density at radius 3 is 2.78 bits per heavy atom. The molecule has 0 fully saturated rings. The average Bonchev–Trinajstić information content (AvgIpc) is 2.38. The zero-order valence-electron chi connectivity index (χ0n) is 10.2. The minimum atomic E-state index is -0.471. The van der Waals surface area contributed by atoms with Crippen molar-refractivity contribution in [2.75, 3.05) is 39.3 Å². The number of benzene rings is 1. The molecule has 0 radical (unpaired) electrons. The molecule has 100 valence electrons. The van der Waals surface area contributed by atoms with Gasteiger partial charge in [-0.1, -0.05) is 0 Å². The second-order valence-electron chi connectivity index (χ2n) is 3.43. The fourth-order valence-corrected chi connectivity index (χ4v) is 1.28. The zero-order valence-corrected chi connectivity index (χ0v) is 10.2. The van der Waals surface area contributed by atoms with Gasteiger partial charge in [0.2, 0.25) is 0 Å². The maximum Gasteiger partial charge on any atom is 0.338 e. The molecule has 1 aromatic rings. The Hall–Kier alpha value is -1.79. The number of ether oxygens (including phenoxy) is 3. The molecule has 0 heterocycles. The van der Waals surface area contributed by atoms with E-state index < -0.39 is 5.97 Å². The van der Waals surface area contributed by atoms with Crippen LogP contribution in [0.3, 0.4) is 0 Å². The van der Waals surface area contributed by atoms with Crippen molar-refractivity contribution in [3.63, 3.8) is 0 Å². The third-order valence-corrected chi connectivity index (χ3v) is 2.17. The van der Waals surface area contributed by atoms with Crippen molar-refractivity contribution in [1.82, 2.24) is 0 Å². The predicted molar refractivity (Wildman–Crippen MR) is 65.6 cm³/mol. The molecule has 6 nitrogen and oxygen atoms in total. The second kappa shape index (κ2) is 7.52. The molecule has 3 N–H and O–H groups in total. The van der Waals surface area contributed by atoms with Gasteiger partial charge < -0.3 is 25.1 Å². The molecule has 0 aliphatic carbocycles. The van der Waals surface area contributed by atoms with E-state index in [4.69, 9.17) is 25.1 Å². The van der Waals surface area contributed by atoms with Crippen LogP contribution in [0.25, 0.3) is 0 Å². The summed E-state index contributed by atoms with van der Waals surface area (Å²) in [6.07, 6.45) is 0. The van der Waals surface area contributed by atoms with Gasteiger partial charge in [-0.2, -0.15) is 0 Å². The van der Waals surface area contributed by atoms with Gasteiger partial charge in [-0.15, -0.1) is 0 Å². The Labute approximate surface area is 105 Å². The van der Waals surface area contributed by atoms with Gasteiger partial charge in [0.05, 0.1) is 38.2 Å². The number of esters is 1. The molecule has 6 heteroatoms. The van der Waals surface area contributed by atoms with Gasteiger partial charge in [-0.3, -0.25) is 0 Å². The molecule has 1 aromatic carbocycles. The van der Waals surface area contributed by atoms with Crippen molar-refractivity contribution in [2.24, 2.45) is 0 Å². The summed E-state index contributed by atoms with van der Waals surface area (Å²) in [5, 5.41) is 8.48. The number of anilines is 1. The Bertz CT molecular complexity index is 394. The minimum absolute atomic E-state index is 0.0525. The molecule has 0 aliphatic rings. The van der Waals surface area contributed by atoms with E-state index in [0.717, 1.165) is 0 Å². The van der Waals surface area contributed by atoms with Crippen molar-refractivity contribution in [3.8, 4) is 5.75 Å². The quantitative estimate of drug-likeness (QED) is 0.417. The third kappa shape index (κ3) is 4.23. The van der Waals surface area contributed by atoms with E-state index in [-0.39, 0.29) is 26.4 Å². The predicted octanol–water partition coefficient (Wildman–Crippen LogP) is 0.443. The van der Waals surface area contributed by atoms with Crippen LogP contribution in [0.4, 0.5) is 5.69 Å². The average molecular weight is 255 g/mol. The Morgan fingerprint density at radius 1 is 1.33 bits per heavy atom. The largest absolute Gasteiger partial charge is 0.495 e. The summed E-state index contributed by atoms with van der Waals surface area (Å²) in [5.74, 6) is -0.0399. The summed E-state index contributed by atoms with van der Waals surface area (Å²) < 4.78 is 14.9. The van der Waals surface area contributed by atoms with E-state index in [1.807, 2.05) is 0 Å². The van der Waals surface area contributed by atoms with Crippen LogP contribution in [0.5, 0.6) is 5.75 Å². The first-order valence-corrected chi connectivity index (χ1v) is 5.48. The Kier molecular flexibility index (Phi) is 5.96. The number of hydrogen-bond acceptors (Lipinski definition) is 6. The molecule has 0 amide bonds. The number of rotatable bonds is 7. The van der Waals surface area contributed by atoms with E-state index in [1.165, 1.54) is 13.2 Å². The summed E-state index contributed by atoms with van der Waals surface area (Å²) in [6, 6.07) is 4.67. The van der Waals surface area contributed by atoms with Crippen molar-refractivity contribution in [1.29, 1.82) is 0 Å². The maximum absolute atomic E-state index is 11.6. The summed E-state index contributed by atoms with van der Waals surface area (Å²) in [5.41, 5.74) is 6.46. The van der Waals surface area contributed by atoms with Crippen LogP contribution in [0, 0.1) is 0 Å². The van der Waals surface area contributed by atoms with Crippen LogP contribution in [0.15, 0.2) is 18.2 Å². The number of aliphatic hydroxyl groups is 1. The van der Waals surface area contributed by atoms with Crippen molar-refractivity contribution in [3.05, 3.63) is 23.8 Å². The molecule has 0 saturated heterocycles. The van der Waals surface area contributed by atoms with Crippen molar-refractivity contribution in [2.45, 2.75) is 0 Å². The van der Waals surface area contributed by atoms with E-state index in [0.29, 0.717) is 17.0 Å². The number of carbonyl (C=O) groups excluding carboxylic acids is 1. The minimum Gasteiger partial charge on any atom is -0.495 e. The Balaban J connectivity index is 2.46. The smallest absolute Gasteiger partial charge is 0.338 e. The number of hydrogen-bond donors (Lipinski definition) is 2. The van der Waals surface area contributed by atoms with Crippen LogP contribution in [-0.2, 0) is 9.47 Å². The van der Waals surface area contributed by atoms with Crippen LogP contribution < -0.4 is 10.5 Å². The highest BCUT2D eigenvalue weighted by Crippen LogP contribution is 2.22. The fourth-order valence-electron chi connectivity index (χ4n) is 1.28. The molecule has 0 unspecified atom stereocenters. The third-order valence-electron chi connectivity index (χ3n) is 2.17. The fraction of sp³-hybridized carbons (Fsp3) is 0.417. The number of nitrogens with two attached hydrogens (primary N) is 1. The normalized spacial score (nSPS) is 10.1. The van der Waals surface area contributed by atoms with Crippen molar-refractivity contribution < 1.29 is 24.1 Å². The molecule has 18 heavy (non-hydrogen) atoms. The molecular formula is C12H17NO5. The highest BCUT2D eigenvalue weighted by molar-refractivity contribution is 5.90. The van der Waals surface area contributed by atoms with Gasteiger partial charge in [0.25, 0.3) is 0 Å². The van der Waals surface area contributed by atoms with Gasteiger partial charge in [0.15, 0.2) is 0 Å². The standard InChI is InChI=1S/C12H17NO5/c1-16-11-8-9(2-3-10(11)13)12(15)18-7-6-17-5-4-14/h2-3,8,14H,4-7,13H2,1H3. The van der Waals surface area contributed by atoms with Crippen LogP contribution >= 0.6 is 0 Å². The van der Waals surface area contributed by atoms with E-state index >= 15 is 0 Å². The molecular weight excluding hydrogens is 238 g/mol. The molecule has 0 bridgehead atoms. The number of methoxy groups -OCH3 is 1. The molecule has 0 spiro atoms. The van der Waals surface area contributed by atoms with Crippen LogP contribution in [0.2, 0.25) is 0 Å². The number of aliphatic hydroxyl groups excluding tert-OH is 1. The van der Waals surface area contributed by atoms with Gasteiger partial charge in [0.1, 0.15) is 12.4 Å². The van der Waals surface area contributed by atoms with Gasteiger partial charge >= 0.3 is 5.97 Å². The first-order valence-electron chi connectivity index (χ1n) is 5.48. The zero-order chi connectivity index (χ0) is 13.4. The summed E-state index contributed by atoms with van der Waals surface area (Å²) in [7, 11) is 1.48.